The lowest BCUT2D eigenvalue weighted by Gasteiger charge is -2.12. The van der Waals surface area contributed by atoms with Gasteiger partial charge in [-0.1, -0.05) is 60.7 Å². The third-order valence-electron chi connectivity index (χ3n) is 6.94. The van der Waals surface area contributed by atoms with Crippen LogP contribution < -0.4 is 10.6 Å². The van der Waals surface area contributed by atoms with Crippen molar-refractivity contribution in [2.75, 3.05) is 11.1 Å². The van der Waals surface area contributed by atoms with Crippen LogP contribution in [0.3, 0.4) is 0 Å². The van der Waals surface area contributed by atoms with Crippen molar-refractivity contribution in [3.05, 3.63) is 149 Å². The lowest BCUT2D eigenvalue weighted by atomic mass is 10.0. The number of hydrogen-bond donors (Lipinski definition) is 2. The molecule has 0 spiro atoms. The molecule has 2 N–H and O–H groups in total. The molecule has 0 atom stereocenters. The summed E-state index contributed by atoms with van der Waals surface area (Å²) in [6.07, 6.45) is 3.80. The first-order valence-electron chi connectivity index (χ1n) is 13.4. The molecule has 0 aliphatic heterocycles. The molecule has 0 bridgehead atoms. The van der Waals surface area contributed by atoms with Gasteiger partial charge in [0.05, 0.1) is 12.0 Å². The first-order valence-corrected chi connectivity index (χ1v) is 14.4. The predicted octanol–water partition coefficient (Wildman–Crippen LogP) is 7.24. The highest BCUT2D eigenvalue weighted by atomic mass is 32.2. The maximum atomic E-state index is 13.2. The highest BCUT2D eigenvalue weighted by molar-refractivity contribution is 8.00. The van der Waals surface area contributed by atoms with E-state index in [2.05, 4.69) is 22.8 Å². The maximum Gasteiger partial charge on any atom is 0.272 e. The van der Waals surface area contributed by atoms with E-state index in [1.807, 2.05) is 48.5 Å². The molecule has 0 saturated carbocycles. The van der Waals surface area contributed by atoms with Crippen molar-refractivity contribution >= 4 is 41.1 Å². The van der Waals surface area contributed by atoms with Gasteiger partial charge in [0.1, 0.15) is 11.5 Å². The molecule has 6 nitrogen and oxygen atoms in total. The summed E-state index contributed by atoms with van der Waals surface area (Å²) in [5.74, 6) is -0.193. The monoisotopic (exact) mass is 570 g/mol. The minimum absolute atomic E-state index is 0.0331. The summed E-state index contributed by atoms with van der Waals surface area (Å²) in [7, 11) is 0. The van der Waals surface area contributed by atoms with Gasteiger partial charge in [0, 0.05) is 27.8 Å². The van der Waals surface area contributed by atoms with Crippen LogP contribution in [-0.4, -0.2) is 23.4 Å². The number of nitrogens with one attached hydrogen (secondary N) is 2. The summed E-state index contributed by atoms with van der Waals surface area (Å²) in [5, 5.41) is 5.53. The molecule has 0 saturated heterocycles. The number of Topliss-reactive ketones (excluding diaryl/α,β-unsaturated/α-hetero) is 1. The molecule has 0 fully saturated rings. The molecule has 7 heteroatoms. The summed E-state index contributed by atoms with van der Waals surface area (Å²) >= 11 is 1.41. The number of furan rings is 1. The van der Waals surface area contributed by atoms with Crippen LogP contribution in [0.1, 0.15) is 37.6 Å². The second-order valence-corrected chi connectivity index (χ2v) is 10.8. The topological polar surface area (TPSA) is 88.4 Å². The van der Waals surface area contributed by atoms with Gasteiger partial charge >= 0.3 is 0 Å². The zero-order chi connectivity index (χ0) is 28.9. The van der Waals surface area contributed by atoms with Crippen LogP contribution in [0.2, 0.25) is 0 Å². The SMILES string of the molecule is O=C(Nc1cccc(SCC(=O)c2ccc3c(c2)Cc2ccccc2-3)c1)/C(=C/c1ccco1)NC(=O)c1ccccc1. The Hall–Kier alpha value is -5.14. The fraction of sp³-hybridized carbons (Fsp3) is 0.0571. The molecule has 42 heavy (non-hydrogen) atoms. The van der Waals surface area contributed by atoms with Crippen molar-refractivity contribution in [3.8, 4) is 11.1 Å². The Kier molecular flexibility index (Phi) is 7.83. The van der Waals surface area contributed by atoms with Gasteiger partial charge in [0.2, 0.25) is 0 Å². The van der Waals surface area contributed by atoms with Crippen LogP contribution in [-0.2, 0) is 11.2 Å². The number of rotatable bonds is 9. The van der Waals surface area contributed by atoms with E-state index in [4.69, 9.17) is 4.42 Å². The van der Waals surface area contributed by atoms with E-state index in [0.29, 0.717) is 22.6 Å². The number of carbonyl (C=O) groups is 3. The van der Waals surface area contributed by atoms with Crippen molar-refractivity contribution in [1.29, 1.82) is 0 Å². The van der Waals surface area contributed by atoms with Gasteiger partial charge in [-0.25, -0.2) is 0 Å². The molecular weight excluding hydrogens is 544 g/mol. The summed E-state index contributed by atoms with van der Waals surface area (Å²) < 4.78 is 5.36. The van der Waals surface area contributed by atoms with Gasteiger partial charge < -0.3 is 15.1 Å². The van der Waals surface area contributed by atoms with Gasteiger partial charge in [0.15, 0.2) is 5.78 Å². The van der Waals surface area contributed by atoms with Crippen molar-refractivity contribution < 1.29 is 18.8 Å². The Labute approximate surface area is 247 Å². The Balaban J connectivity index is 1.12. The number of anilines is 1. The number of hydrogen-bond acceptors (Lipinski definition) is 5. The number of thioether (sulfide) groups is 1. The van der Waals surface area contributed by atoms with Crippen LogP contribution in [0.25, 0.3) is 17.2 Å². The van der Waals surface area contributed by atoms with Gasteiger partial charge in [-0.2, -0.15) is 0 Å². The summed E-state index contributed by atoms with van der Waals surface area (Å²) in [6, 6.07) is 33.6. The number of amides is 2. The minimum Gasteiger partial charge on any atom is -0.465 e. The Morgan fingerprint density at radius 3 is 2.40 bits per heavy atom. The molecule has 1 aliphatic carbocycles. The van der Waals surface area contributed by atoms with Crippen molar-refractivity contribution in [2.24, 2.45) is 0 Å². The predicted molar refractivity (Wildman–Crippen MR) is 165 cm³/mol. The second kappa shape index (κ2) is 12.2. The molecule has 206 valence electrons. The minimum atomic E-state index is -0.506. The number of benzene rings is 4. The zero-order valence-electron chi connectivity index (χ0n) is 22.5. The average Bonchev–Trinajstić information content (AvgIpc) is 3.67. The van der Waals surface area contributed by atoms with Crippen molar-refractivity contribution in [1.82, 2.24) is 5.32 Å². The average molecular weight is 571 g/mol. The smallest absolute Gasteiger partial charge is 0.272 e. The van der Waals surface area contributed by atoms with Crippen LogP contribution in [0, 0.1) is 0 Å². The Morgan fingerprint density at radius 1 is 0.762 bits per heavy atom. The van der Waals surface area contributed by atoms with Crippen molar-refractivity contribution in [3.63, 3.8) is 0 Å². The molecule has 1 heterocycles. The van der Waals surface area contributed by atoms with Gasteiger partial charge in [0.25, 0.3) is 11.8 Å². The molecule has 4 aromatic carbocycles. The highest BCUT2D eigenvalue weighted by Gasteiger charge is 2.20. The van der Waals surface area contributed by atoms with Crippen LogP contribution in [0.5, 0.6) is 0 Å². The zero-order valence-corrected chi connectivity index (χ0v) is 23.3. The fourth-order valence-corrected chi connectivity index (χ4v) is 5.72. The van der Waals surface area contributed by atoms with E-state index in [0.717, 1.165) is 11.3 Å². The third-order valence-corrected chi connectivity index (χ3v) is 7.93. The van der Waals surface area contributed by atoms with Gasteiger partial charge in [-0.05, 0) is 77.2 Å². The van der Waals surface area contributed by atoms with E-state index in [1.165, 1.54) is 46.4 Å². The second-order valence-electron chi connectivity index (χ2n) is 9.79. The molecule has 0 radical (unpaired) electrons. The quantitative estimate of drug-likeness (QED) is 0.109. The Morgan fingerprint density at radius 2 is 1.57 bits per heavy atom. The molecule has 2 amide bonds. The van der Waals surface area contributed by atoms with Gasteiger partial charge in [-0.3, -0.25) is 14.4 Å². The van der Waals surface area contributed by atoms with E-state index >= 15 is 0 Å². The largest absolute Gasteiger partial charge is 0.465 e. The lowest BCUT2D eigenvalue weighted by molar-refractivity contribution is -0.113. The summed E-state index contributed by atoms with van der Waals surface area (Å²) in [5.41, 5.74) is 6.58. The standard InChI is InChI=1S/C35H26N2O4S/c38-33(25-15-16-31-26(19-25)18-24-10-4-5-14-30(24)31)22-42-29-13-6-11-27(20-29)36-35(40)32(21-28-12-7-17-41-28)37-34(39)23-8-2-1-3-9-23/h1-17,19-21H,18,22H2,(H,36,40)(H,37,39)/b32-21-. The fourth-order valence-electron chi connectivity index (χ4n) is 4.87. The molecule has 1 aromatic heterocycles. The number of fused-ring (bicyclic) bond motifs is 3. The lowest BCUT2D eigenvalue weighted by Crippen LogP contribution is -2.30. The maximum absolute atomic E-state index is 13.2. The first-order chi connectivity index (χ1) is 20.5. The van der Waals surface area contributed by atoms with Crippen LogP contribution >= 0.6 is 11.8 Å². The van der Waals surface area contributed by atoms with Crippen LogP contribution in [0.4, 0.5) is 5.69 Å². The highest BCUT2D eigenvalue weighted by Crippen LogP contribution is 2.37. The summed E-state index contributed by atoms with van der Waals surface area (Å²) in [4.78, 5) is 39.9. The summed E-state index contributed by atoms with van der Waals surface area (Å²) in [6.45, 7) is 0. The van der Waals surface area contributed by atoms with E-state index in [9.17, 15) is 14.4 Å². The number of carbonyl (C=O) groups excluding carboxylic acids is 3. The Bertz CT molecular complexity index is 1810. The molecule has 1 aliphatic rings. The van der Waals surface area contributed by atoms with Gasteiger partial charge in [-0.15, -0.1) is 11.8 Å². The van der Waals surface area contributed by atoms with E-state index < -0.39 is 11.8 Å². The van der Waals surface area contributed by atoms with E-state index in [-0.39, 0.29) is 17.2 Å². The van der Waals surface area contributed by atoms with Crippen LogP contribution in [0.15, 0.2) is 130 Å². The molecule has 5 aromatic rings. The molecule has 6 rings (SSSR count). The molecule has 0 unspecified atom stereocenters. The number of ketones is 1. The van der Waals surface area contributed by atoms with E-state index in [1.54, 1.807) is 48.5 Å². The normalized spacial score (nSPS) is 11.9. The third kappa shape index (κ3) is 6.11. The first kappa shape index (κ1) is 27.1. The van der Waals surface area contributed by atoms with Crippen molar-refractivity contribution in [2.45, 2.75) is 11.3 Å². The molecular formula is C35H26N2O4S.